The molecule has 0 radical (unpaired) electrons. The van der Waals surface area contributed by atoms with Gasteiger partial charge in [0.05, 0.1) is 6.61 Å². The lowest BCUT2D eigenvalue weighted by Gasteiger charge is -2.12. The molecule has 0 aromatic heterocycles. The third-order valence-corrected chi connectivity index (χ3v) is 3.17. The molecule has 3 nitrogen and oxygen atoms in total. The van der Waals surface area contributed by atoms with Crippen LogP contribution in [0.4, 0.5) is 0 Å². The van der Waals surface area contributed by atoms with Crippen LogP contribution in [0.25, 0.3) is 0 Å². The fraction of sp³-hybridized carbons (Fsp3) is 0.235. The molecule has 2 rings (SSSR count). The lowest BCUT2D eigenvalue weighted by atomic mass is 9.96. The van der Waals surface area contributed by atoms with Gasteiger partial charge in [-0.25, -0.2) is 0 Å². The Bertz CT molecular complexity index is 645. The molecule has 0 aliphatic rings. The van der Waals surface area contributed by atoms with Crippen LogP contribution >= 0.6 is 0 Å². The topological polar surface area (TPSA) is 46.5 Å². The average molecular weight is 270 g/mol. The molecule has 0 heterocycles. The number of rotatable bonds is 4. The van der Waals surface area contributed by atoms with Gasteiger partial charge in [-0.1, -0.05) is 12.1 Å². The van der Waals surface area contributed by atoms with Gasteiger partial charge < -0.3 is 9.84 Å². The van der Waals surface area contributed by atoms with Crippen molar-refractivity contribution in [3.05, 3.63) is 58.7 Å². The Morgan fingerprint density at radius 1 is 1.15 bits per heavy atom. The number of ether oxygens (including phenoxy) is 1. The maximum atomic E-state index is 12.5. The summed E-state index contributed by atoms with van der Waals surface area (Å²) >= 11 is 0. The molecular formula is C17H18O3. The molecule has 0 fully saturated rings. The normalized spacial score (nSPS) is 10.3. The van der Waals surface area contributed by atoms with E-state index in [0.717, 1.165) is 16.9 Å². The molecule has 20 heavy (non-hydrogen) atoms. The van der Waals surface area contributed by atoms with Gasteiger partial charge in [0, 0.05) is 11.1 Å². The summed E-state index contributed by atoms with van der Waals surface area (Å²) in [4.78, 5) is 12.5. The number of phenolic OH excluding ortho intramolecular Hbond substituents is 1. The molecule has 0 aliphatic carbocycles. The summed E-state index contributed by atoms with van der Waals surface area (Å²) in [5.41, 5.74) is 2.92. The van der Waals surface area contributed by atoms with Gasteiger partial charge in [0.1, 0.15) is 11.5 Å². The molecule has 0 amide bonds. The van der Waals surface area contributed by atoms with Gasteiger partial charge in [-0.05, 0) is 56.2 Å². The first-order valence-electron chi connectivity index (χ1n) is 6.60. The van der Waals surface area contributed by atoms with Crippen molar-refractivity contribution in [2.75, 3.05) is 6.61 Å². The van der Waals surface area contributed by atoms with E-state index < -0.39 is 0 Å². The largest absolute Gasteiger partial charge is 0.508 e. The van der Waals surface area contributed by atoms with Gasteiger partial charge in [-0.3, -0.25) is 4.79 Å². The Balaban J connectivity index is 2.43. The van der Waals surface area contributed by atoms with E-state index in [-0.39, 0.29) is 11.5 Å². The van der Waals surface area contributed by atoms with E-state index in [1.807, 2.05) is 32.9 Å². The van der Waals surface area contributed by atoms with Crippen LogP contribution in [0.5, 0.6) is 11.5 Å². The summed E-state index contributed by atoms with van der Waals surface area (Å²) < 4.78 is 5.53. The first-order valence-corrected chi connectivity index (χ1v) is 6.60. The molecule has 2 aromatic rings. The molecule has 0 saturated carbocycles. The molecule has 0 spiro atoms. The van der Waals surface area contributed by atoms with Crippen LogP contribution in [0.15, 0.2) is 36.4 Å². The highest BCUT2D eigenvalue weighted by Crippen LogP contribution is 2.25. The number of aryl methyl sites for hydroxylation is 2. The Hall–Kier alpha value is -2.29. The Kier molecular flexibility index (Phi) is 4.08. The zero-order chi connectivity index (χ0) is 14.7. The average Bonchev–Trinajstić information content (AvgIpc) is 2.42. The first-order chi connectivity index (χ1) is 9.52. The zero-order valence-corrected chi connectivity index (χ0v) is 11.9. The Morgan fingerprint density at radius 3 is 2.55 bits per heavy atom. The predicted octanol–water partition coefficient (Wildman–Crippen LogP) is 3.64. The number of carbonyl (C=O) groups excluding carboxylic acids is 1. The molecule has 2 aromatic carbocycles. The van der Waals surface area contributed by atoms with Gasteiger partial charge in [0.2, 0.25) is 0 Å². The second kappa shape index (κ2) is 5.78. The minimum Gasteiger partial charge on any atom is -0.508 e. The molecular weight excluding hydrogens is 252 g/mol. The van der Waals surface area contributed by atoms with Crippen LogP contribution in [0, 0.1) is 13.8 Å². The summed E-state index contributed by atoms with van der Waals surface area (Å²) in [6, 6.07) is 10.1. The number of benzene rings is 2. The van der Waals surface area contributed by atoms with Crippen LogP contribution in [-0.2, 0) is 0 Å². The smallest absolute Gasteiger partial charge is 0.193 e. The molecule has 0 unspecified atom stereocenters. The molecule has 0 bridgehead atoms. The third kappa shape index (κ3) is 2.82. The number of phenols is 1. The van der Waals surface area contributed by atoms with Crippen LogP contribution < -0.4 is 4.74 Å². The number of hydrogen-bond acceptors (Lipinski definition) is 3. The summed E-state index contributed by atoms with van der Waals surface area (Å²) in [5, 5.41) is 9.47. The fourth-order valence-electron chi connectivity index (χ4n) is 2.15. The molecule has 104 valence electrons. The van der Waals surface area contributed by atoms with Crippen LogP contribution in [0.3, 0.4) is 0 Å². The van der Waals surface area contributed by atoms with Crippen molar-refractivity contribution in [3.63, 3.8) is 0 Å². The highest BCUT2D eigenvalue weighted by atomic mass is 16.5. The Labute approximate surface area is 118 Å². The van der Waals surface area contributed by atoms with E-state index in [1.165, 1.54) is 6.07 Å². The third-order valence-electron chi connectivity index (χ3n) is 3.17. The number of aromatic hydroxyl groups is 1. The lowest BCUT2D eigenvalue weighted by molar-refractivity contribution is 0.103. The minimum absolute atomic E-state index is 0.0930. The quantitative estimate of drug-likeness (QED) is 0.863. The van der Waals surface area contributed by atoms with Crippen LogP contribution in [-0.4, -0.2) is 17.5 Å². The minimum atomic E-state index is -0.0930. The van der Waals surface area contributed by atoms with E-state index in [9.17, 15) is 9.90 Å². The number of carbonyl (C=O) groups is 1. The maximum Gasteiger partial charge on any atom is 0.193 e. The first kappa shape index (κ1) is 14.1. The van der Waals surface area contributed by atoms with E-state index in [2.05, 4.69) is 0 Å². The maximum absolute atomic E-state index is 12.5. The van der Waals surface area contributed by atoms with E-state index in [0.29, 0.717) is 17.7 Å². The van der Waals surface area contributed by atoms with Crippen molar-refractivity contribution in [2.24, 2.45) is 0 Å². The standard InChI is InChI=1S/C17H18O3/c1-4-20-16-9-11(2)15(8-12(16)3)17(19)13-6-5-7-14(18)10-13/h5-10,18H,4H2,1-3H3. The van der Waals surface area contributed by atoms with E-state index in [4.69, 9.17) is 4.74 Å². The van der Waals surface area contributed by atoms with Crippen LogP contribution in [0.2, 0.25) is 0 Å². The van der Waals surface area contributed by atoms with Crippen molar-refractivity contribution < 1.29 is 14.6 Å². The predicted molar refractivity (Wildman–Crippen MR) is 78.6 cm³/mol. The Morgan fingerprint density at radius 2 is 1.90 bits per heavy atom. The fourth-order valence-corrected chi connectivity index (χ4v) is 2.15. The lowest BCUT2D eigenvalue weighted by Crippen LogP contribution is -2.05. The second-order valence-corrected chi connectivity index (χ2v) is 4.75. The van der Waals surface area contributed by atoms with Crippen molar-refractivity contribution >= 4 is 5.78 Å². The number of ketones is 1. The summed E-state index contributed by atoms with van der Waals surface area (Å²) in [5.74, 6) is 0.804. The van der Waals surface area contributed by atoms with Crippen molar-refractivity contribution in [2.45, 2.75) is 20.8 Å². The summed E-state index contributed by atoms with van der Waals surface area (Å²) in [6.07, 6.45) is 0. The SMILES string of the molecule is CCOc1cc(C)c(C(=O)c2cccc(O)c2)cc1C. The number of hydrogen-bond donors (Lipinski definition) is 1. The zero-order valence-electron chi connectivity index (χ0n) is 11.9. The van der Waals surface area contributed by atoms with E-state index >= 15 is 0 Å². The van der Waals surface area contributed by atoms with Crippen LogP contribution in [0.1, 0.15) is 34.0 Å². The van der Waals surface area contributed by atoms with E-state index in [1.54, 1.807) is 18.2 Å². The van der Waals surface area contributed by atoms with Gasteiger partial charge in [-0.2, -0.15) is 0 Å². The monoisotopic (exact) mass is 270 g/mol. The second-order valence-electron chi connectivity index (χ2n) is 4.75. The highest BCUT2D eigenvalue weighted by molar-refractivity contribution is 6.10. The van der Waals surface area contributed by atoms with Gasteiger partial charge in [-0.15, -0.1) is 0 Å². The molecule has 0 atom stereocenters. The highest BCUT2D eigenvalue weighted by Gasteiger charge is 2.14. The summed E-state index contributed by atoms with van der Waals surface area (Å²) in [7, 11) is 0. The molecule has 0 aliphatic heterocycles. The van der Waals surface area contributed by atoms with Gasteiger partial charge >= 0.3 is 0 Å². The van der Waals surface area contributed by atoms with Crippen molar-refractivity contribution in [1.29, 1.82) is 0 Å². The van der Waals surface area contributed by atoms with Crippen molar-refractivity contribution in [1.82, 2.24) is 0 Å². The molecule has 0 saturated heterocycles. The van der Waals surface area contributed by atoms with Gasteiger partial charge in [0.15, 0.2) is 5.78 Å². The van der Waals surface area contributed by atoms with Gasteiger partial charge in [0.25, 0.3) is 0 Å². The molecule has 3 heteroatoms. The summed E-state index contributed by atoms with van der Waals surface area (Å²) in [6.45, 7) is 6.34. The molecule has 1 N–H and O–H groups in total. The van der Waals surface area contributed by atoms with Crippen molar-refractivity contribution in [3.8, 4) is 11.5 Å².